The number of urea groups is 1. The molecular formula is C23H25N3O2. The molecule has 144 valence electrons. The molecule has 1 aromatic heterocycles. The fourth-order valence-corrected chi connectivity index (χ4v) is 3.66. The SMILES string of the molecule is CCOc1ccc(NC(=O)N2CC=C(c3c[nH]c4ccccc34)CC2)c(C)c1. The maximum atomic E-state index is 12.7. The molecule has 0 saturated carbocycles. The number of carbonyl (C=O) groups is 1. The number of anilines is 1. The van der Waals surface area contributed by atoms with Gasteiger partial charge in [-0.1, -0.05) is 24.3 Å². The Morgan fingerprint density at radius 2 is 2.11 bits per heavy atom. The minimum atomic E-state index is -0.0681. The van der Waals surface area contributed by atoms with E-state index in [1.54, 1.807) is 0 Å². The van der Waals surface area contributed by atoms with Crippen LogP contribution in [-0.2, 0) is 0 Å². The molecule has 0 unspecified atom stereocenters. The molecule has 28 heavy (non-hydrogen) atoms. The summed E-state index contributed by atoms with van der Waals surface area (Å²) < 4.78 is 5.51. The van der Waals surface area contributed by atoms with Crippen LogP contribution in [-0.4, -0.2) is 35.6 Å². The molecule has 0 atom stereocenters. The number of fused-ring (bicyclic) bond motifs is 1. The van der Waals surface area contributed by atoms with Crippen LogP contribution in [0.5, 0.6) is 5.75 Å². The number of aryl methyl sites for hydroxylation is 1. The zero-order chi connectivity index (χ0) is 19.5. The molecule has 1 aliphatic heterocycles. The van der Waals surface area contributed by atoms with Crippen LogP contribution in [0.2, 0.25) is 0 Å². The van der Waals surface area contributed by atoms with Crippen molar-refractivity contribution in [2.24, 2.45) is 0 Å². The van der Waals surface area contributed by atoms with Gasteiger partial charge in [0.25, 0.3) is 0 Å². The number of para-hydroxylation sites is 1. The third-order valence-electron chi connectivity index (χ3n) is 5.18. The maximum Gasteiger partial charge on any atom is 0.322 e. The molecule has 2 heterocycles. The summed E-state index contributed by atoms with van der Waals surface area (Å²) in [6.45, 7) is 5.87. The van der Waals surface area contributed by atoms with Crippen molar-refractivity contribution in [3.63, 3.8) is 0 Å². The molecule has 3 aromatic rings. The lowest BCUT2D eigenvalue weighted by Gasteiger charge is -2.27. The average Bonchev–Trinajstić information content (AvgIpc) is 3.14. The van der Waals surface area contributed by atoms with Gasteiger partial charge in [-0.3, -0.25) is 0 Å². The number of ether oxygens (including phenoxy) is 1. The van der Waals surface area contributed by atoms with E-state index in [9.17, 15) is 4.79 Å². The van der Waals surface area contributed by atoms with E-state index in [0.717, 1.165) is 28.9 Å². The number of nitrogens with one attached hydrogen (secondary N) is 2. The summed E-state index contributed by atoms with van der Waals surface area (Å²) in [6.07, 6.45) is 5.07. The first-order valence-electron chi connectivity index (χ1n) is 9.70. The summed E-state index contributed by atoms with van der Waals surface area (Å²) >= 11 is 0. The van der Waals surface area contributed by atoms with E-state index in [-0.39, 0.29) is 6.03 Å². The van der Waals surface area contributed by atoms with E-state index in [1.165, 1.54) is 16.5 Å². The fraction of sp³-hybridized carbons (Fsp3) is 0.261. The second kappa shape index (κ2) is 7.80. The third-order valence-corrected chi connectivity index (χ3v) is 5.18. The van der Waals surface area contributed by atoms with Crippen LogP contribution in [0.25, 0.3) is 16.5 Å². The predicted octanol–water partition coefficient (Wildman–Crippen LogP) is 5.20. The molecule has 0 radical (unpaired) electrons. The van der Waals surface area contributed by atoms with E-state index in [1.807, 2.05) is 43.0 Å². The predicted molar refractivity (Wildman–Crippen MR) is 114 cm³/mol. The Hall–Kier alpha value is -3.21. The summed E-state index contributed by atoms with van der Waals surface area (Å²) in [5.74, 6) is 0.822. The first-order valence-corrected chi connectivity index (χ1v) is 9.70. The van der Waals surface area contributed by atoms with Gasteiger partial charge >= 0.3 is 6.03 Å². The van der Waals surface area contributed by atoms with Gasteiger partial charge in [0.2, 0.25) is 0 Å². The molecule has 2 amide bonds. The highest BCUT2D eigenvalue weighted by Gasteiger charge is 2.20. The molecule has 2 N–H and O–H groups in total. The van der Waals surface area contributed by atoms with E-state index in [4.69, 9.17) is 4.74 Å². The number of rotatable bonds is 4. The van der Waals surface area contributed by atoms with Crippen molar-refractivity contribution in [2.45, 2.75) is 20.3 Å². The lowest BCUT2D eigenvalue weighted by molar-refractivity contribution is 0.217. The minimum absolute atomic E-state index is 0.0681. The fourth-order valence-electron chi connectivity index (χ4n) is 3.66. The van der Waals surface area contributed by atoms with Gasteiger partial charge in [-0.05, 0) is 55.7 Å². The van der Waals surface area contributed by atoms with Crippen LogP contribution in [0.1, 0.15) is 24.5 Å². The number of nitrogens with zero attached hydrogens (tertiary/aromatic N) is 1. The summed E-state index contributed by atoms with van der Waals surface area (Å²) in [6, 6.07) is 14.0. The average molecular weight is 375 g/mol. The highest BCUT2D eigenvalue weighted by atomic mass is 16.5. The van der Waals surface area contributed by atoms with Crippen molar-refractivity contribution in [3.05, 3.63) is 65.9 Å². The highest BCUT2D eigenvalue weighted by Crippen LogP contribution is 2.29. The van der Waals surface area contributed by atoms with E-state index < -0.39 is 0 Å². The Labute approximate surface area is 165 Å². The van der Waals surface area contributed by atoms with Crippen LogP contribution in [0.4, 0.5) is 10.5 Å². The number of carbonyl (C=O) groups excluding carboxylic acids is 1. The van der Waals surface area contributed by atoms with Gasteiger partial charge in [-0.15, -0.1) is 0 Å². The standard InChI is InChI=1S/C23H25N3O2/c1-3-28-18-8-9-21(16(2)14-18)25-23(27)26-12-10-17(11-13-26)20-15-24-22-7-5-4-6-19(20)22/h4-10,14-15,24H,3,11-13H2,1-2H3,(H,25,27). The number of hydrogen-bond acceptors (Lipinski definition) is 2. The molecule has 0 aliphatic carbocycles. The van der Waals surface area contributed by atoms with Crippen molar-refractivity contribution in [1.29, 1.82) is 0 Å². The minimum Gasteiger partial charge on any atom is -0.494 e. The van der Waals surface area contributed by atoms with Gasteiger partial charge in [0, 0.05) is 41.4 Å². The first-order chi connectivity index (χ1) is 13.7. The number of amides is 2. The number of H-pyrrole nitrogens is 1. The van der Waals surface area contributed by atoms with Crippen molar-refractivity contribution in [3.8, 4) is 5.75 Å². The third kappa shape index (κ3) is 3.60. The highest BCUT2D eigenvalue weighted by molar-refractivity contribution is 5.94. The van der Waals surface area contributed by atoms with Crippen molar-refractivity contribution in [2.75, 3.05) is 25.0 Å². The molecule has 0 spiro atoms. The van der Waals surface area contributed by atoms with Gasteiger partial charge in [-0.25, -0.2) is 4.79 Å². The maximum absolute atomic E-state index is 12.7. The molecule has 5 nitrogen and oxygen atoms in total. The molecular weight excluding hydrogens is 350 g/mol. The van der Waals surface area contributed by atoms with Crippen LogP contribution < -0.4 is 10.1 Å². The van der Waals surface area contributed by atoms with Crippen LogP contribution >= 0.6 is 0 Å². The number of aromatic nitrogens is 1. The normalized spacial score (nSPS) is 14.1. The summed E-state index contributed by atoms with van der Waals surface area (Å²) in [5, 5.41) is 4.26. The quantitative estimate of drug-likeness (QED) is 0.659. The van der Waals surface area contributed by atoms with Crippen LogP contribution in [0, 0.1) is 6.92 Å². The van der Waals surface area contributed by atoms with Gasteiger partial charge in [0.1, 0.15) is 5.75 Å². The molecule has 1 aliphatic rings. The van der Waals surface area contributed by atoms with E-state index in [2.05, 4.69) is 40.8 Å². The number of hydrogen-bond donors (Lipinski definition) is 2. The summed E-state index contributed by atoms with van der Waals surface area (Å²) in [4.78, 5) is 17.9. The van der Waals surface area contributed by atoms with Crippen LogP contribution in [0.15, 0.2) is 54.7 Å². The van der Waals surface area contributed by atoms with E-state index >= 15 is 0 Å². The Bertz CT molecular complexity index is 1040. The topological polar surface area (TPSA) is 57.4 Å². The van der Waals surface area contributed by atoms with Crippen LogP contribution in [0.3, 0.4) is 0 Å². The Morgan fingerprint density at radius 1 is 1.25 bits per heavy atom. The lowest BCUT2D eigenvalue weighted by Crippen LogP contribution is -2.38. The van der Waals surface area contributed by atoms with Gasteiger partial charge in [0.15, 0.2) is 0 Å². The van der Waals surface area contributed by atoms with E-state index in [0.29, 0.717) is 19.7 Å². The summed E-state index contributed by atoms with van der Waals surface area (Å²) in [5.41, 5.74) is 5.48. The van der Waals surface area contributed by atoms with Crippen molar-refractivity contribution >= 4 is 28.2 Å². The van der Waals surface area contributed by atoms with Crippen molar-refractivity contribution in [1.82, 2.24) is 9.88 Å². The molecule has 0 saturated heterocycles. The smallest absolute Gasteiger partial charge is 0.322 e. The Balaban J connectivity index is 1.44. The molecule has 5 heteroatoms. The second-order valence-electron chi connectivity index (χ2n) is 7.01. The Morgan fingerprint density at radius 3 is 2.86 bits per heavy atom. The molecule has 0 fully saturated rings. The first kappa shape index (κ1) is 18.2. The lowest BCUT2D eigenvalue weighted by atomic mass is 9.99. The number of benzene rings is 2. The molecule has 2 aromatic carbocycles. The van der Waals surface area contributed by atoms with Crippen molar-refractivity contribution < 1.29 is 9.53 Å². The zero-order valence-corrected chi connectivity index (χ0v) is 16.3. The molecule has 4 rings (SSSR count). The van der Waals surface area contributed by atoms with Gasteiger partial charge < -0.3 is 19.9 Å². The Kier molecular flexibility index (Phi) is 5.06. The monoisotopic (exact) mass is 375 g/mol. The largest absolute Gasteiger partial charge is 0.494 e. The van der Waals surface area contributed by atoms with Gasteiger partial charge in [0.05, 0.1) is 6.61 Å². The second-order valence-corrected chi connectivity index (χ2v) is 7.01. The summed E-state index contributed by atoms with van der Waals surface area (Å²) in [7, 11) is 0. The zero-order valence-electron chi connectivity index (χ0n) is 16.3. The number of aromatic amines is 1. The molecule has 0 bridgehead atoms. The van der Waals surface area contributed by atoms with Gasteiger partial charge in [-0.2, -0.15) is 0 Å².